The molecule has 0 aromatic heterocycles. The summed E-state index contributed by atoms with van der Waals surface area (Å²) < 4.78 is 5.52. The van der Waals surface area contributed by atoms with Gasteiger partial charge in [0.15, 0.2) is 0 Å². The minimum atomic E-state index is 0.340. The Kier molecular flexibility index (Phi) is 4.20. The first kappa shape index (κ1) is 11.0. The number of ether oxygens (including phenoxy) is 1. The van der Waals surface area contributed by atoms with E-state index >= 15 is 0 Å². The lowest BCUT2D eigenvalue weighted by Crippen LogP contribution is -2.35. The molecule has 4 atom stereocenters. The van der Waals surface area contributed by atoms with Crippen molar-refractivity contribution in [1.29, 1.82) is 0 Å². The van der Waals surface area contributed by atoms with Crippen LogP contribution in [0.2, 0.25) is 0 Å². The Morgan fingerprint density at radius 2 is 2.23 bits per heavy atom. The predicted octanol–water partition coefficient (Wildman–Crippen LogP) is 2.17. The Hall–Kier alpha value is -0.0800. The van der Waals surface area contributed by atoms with Crippen molar-refractivity contribution in [2.75, 3.05) is 6.61 Å². The lowest BCUT2D eigenvalue weighted by molar-refractivity contribution is 0.0970. The van der Waals surface area contributed by atoms with Crippen LogP contribution in [-0.2, 0) is 4.74 Å². The molecule has 1 aliphatic rings. The maximum absolute atomic E-state index is 6.17. The molecule has 2 heteroatoms. The molecule has 1 saturated heterocycles. The highest BCUT2D eigenvalue weighted by Crippen LogP contribution is 2.26. The van der Waals surface area contributed by atoms with Crippen molar-refractivity contribution in [2.45, 2.75) is 52.2 Å². The summed E-state index contributed by atoms with van der Waals surface area (Å²) in [5.41, 5.74) is 6.17. The molecule has 0 saturated carbocycles. The van der Waals surface area contributed by atoms with Crippen molar-refractivity contribution >= 4 is 0 Å². The van der Waals surface area contributed by atoms with Gasteiger partial charge in [0.2, 0.25) is 0 Å². The smallest absolute Gasteiger partial charge is 0.0590 e. The van der Waals surface area contributed by atoms with E-state index in [9.17, 15) is 0 Å². The fraction of sp³-hybridized carbons (Fsp3) is 1.00. The summed E-state index contributed by atoms with van der Waals surface area (Å²) in [7, 11) is 0. The molecule has 0 spiro atoms. The average molecular weight is 185 g/mol. The van der Waals surface area contributed by atoms with Gasteiger partial charge in [-0.2, -0.15) is 0 Å². The Bertz CT molecular complexity index is 149. The summed E-state index contributed by atoms with van der Waals surface area (Å²) >= 11 is 0. The summed E-state index contributed by atoms with van der Waals surface area (Å²) in [6, 6.07) is 0.340. The quantitative estimate of drug-likeness (QED) is 0.728. The van der Waals surface area contributed by atoms with Crippen LogP contribution in [0.25, 0.3) is 0 Å². The van der Waals surface area contributed by atoms with Crippen LogP contribution in [0.4, 0.5) is 0 Å². The molecule has 2 nitrogen and oxygen atoms in total. The fourth-order valence-corrected chi connectivity index (χ4v) is 2.12. The summed E-state index contributed by atoms with van der Waals surface area (Å²) in [4.78, 5) is 0. The number of hydrogen-bond acceptors (Lipinski definition) is 2. The molecule has 0 aromatic rings. The minimum Gasteiger partial charge on any atom is -0.378 e. The SMILES string of the molecule is CCC(C)CC(N)C1CCOC1C. The minimum absolute atomic E-state index is 0.340. The van der Waals surface area contributed by atoms with Gasteiger partial charge < -0.3 is 10.5 Å². The monoisotopic (exact) mass is 185 g/mol. The van der Waals surface area contributed by atoms with Gasteiger partial charge in [-0.05, 0) is 25.7 Å². The second-order valence-electron chi connectivity index (χ2n) is 4.44. The second kappa shape index (κ2) is 4.97. The topological polar surface area (TPSA) is 35.2 Å². The summed E-state index contributed by atoms with van der Waals surface area (Å²) in [6.07, 6.45) is 3.91. The Balaban J connectivity index is 2.33. The van der Waals surface area contributed by atoms with E-state index in [-0.39, 0.29) is 0 Å². The number of nitrogens with two attached hydrogens (primary N) is 1. The summed E-state index contributed by atoms with van der Waals surface area (Å²) in [5.74, 6) is 1.34. The first-order valence-electron chi connectivity index (χ1n) is 5.52. The molecule has 1 fully saturated rings. The van der Waals surface area contributed by atoms with E-state index in [1.165, 1.54) is 6.42 Å². The van der Waals surface area contributed by atoms with Crippen LogP contribution in [0.3, 0.4) is 0 Å². The predicted molar refractivity (Wildman–Crippen MR) is 55.6 cm³/mol. The zero-order valence-electron chi connectivity index (χ0n) is 9.12. The number of hydrogen-bond donors (Lipinski definition) is 1. The molecule has 2 N–H and O–H groups in total. The van der Waals surface area contributed by atoms with E-state index in [1.54, 1.807) is 0 Å². The lowest BCUT2D eigenvalue weighted by Gasteiger charge is -2.24. The van der Waals surface area contributed by atoms with Crippen molar-refractivity contribution in [3.05, 3.63) is 0 Å². The maximum atomic E-state index is 6.17. The molecule has 1 aliphatic heterocycles. The second-order valence-corrected chi connectivity index (χ2v) is 4.44. The third kappa shape index (κ3) is 2.96. The van der Waals surface area contributed by atoms with Crippen LogP contribution in [0.1, 0.15) is 40.0 Å². The van der Waals surface area contributed by atoms with Gasteiger partial charge in [-0.1, -0.05) is 20.3 Å². The highest BCUT2D eigenvalue weighted by Gasteiger charge is 2.29. The molecule has 1 heterocycles. The van der Waals surface area contributed by atoms with E-state index in [1.807, 2.05) is 0 Å². The zero-order chi connectivity index (χ0) is 9.84. The van der Waals surface area contributed by atoms with Gasteiger partial charge in [0.05, 0.1) is 6.10 Å². The number of rotatable bonds is 4. The molecule has 0 aliphatic carbocycles. The Morgan fingerprint density at radius 1 is 1.54 bits per heavy atom. The van der Waals surface area contributed by atoms with Crippen molar-refractivity contribution < 1.29 is 4.74 Å². The molecule has 78 valence electrons. The fourth-order valence-electron chi connectivity index (χ4n) is 2.12. The van der Waals surface area contributed by atoms with Crippen LogP contribution in [-0.4, -0.2) is 18.8 Å². The molecular weight excluding hydrogens is 162 g/mol. The van der Waals surface area contributed by atoms with E-state index < -0.39 is 0 Å². The molecular formula is C11H23NO. The van der Waals surface area contributed by atoms with Gasteiger partial charge >= 0.3 is 0 Å². The van der Waals surface area contributed by atoms with Crippen LogP contribution in [0.5, 0.6) is 0 Å². The van der Waals surface area contributed by atoms with Gasteiger partial charge in [-0.25, -0.2) is 0 Å². The molecule has 0 amide bonds. The van der Waals surface area contributed by atoms with E-state index in [2.05, 4.69) is 20.8 Å². The molecule has 13 heavy (non-hydrogen) atoms. The van der Waals surface area contributed by atoms with E-state index in [4.69, 9.17) is 10.5 Å². The maximum Gasteiger partial charge on any atom is 0.0590 e. The zero-order valence-corrected chi connectivity index (χ0v) is 9.12. The molecule has 0 aromatic carbocycles. The highest BCUT2D eigenvalue weighted by atomic mass is 16.5. The van der Waals surface area contributed by atoms with Crippen molar-refractivity contribution in [2.24, 2.45) is 17.6 Å². The van der Waals surface area contributed by atoms with Gasteiger partial charge in [0.1, 0.15) is 0 Å². The van der Waals surface area contributed by atoms with Crippen molar-refractivity contribution in [1.82, 2.24) is 0 Å². The lowest BCUT2D eigenvalue weighted by atomic mass is 9.87. The molecule has 0 bridgehead atoms. The Morgan fingerprint density at radius 3 is 2.69 bits per heavy atom. The van der Waals surface area contributed by atoms with Gasteiger partial charge in [-0.3, -0.25) is 0 Å². The first-order valence-corrected chi connectivity index (χ1v) is 5.52. The third-order valence-electron chi connectivity index (χ3n) is 3.36. The van der Waals surface area contributed by atoms with E-state index in [0.29, 0.717) is 18.1 Å². The van der Waals surface area contributed by atoms with Crippen LogP contribution in [0, 0.1) is 11.8 Å². The van der Waals surface area contributed by atoms with E-state index in [0.717, 1.165) is 25.4 Å². The summed E-state index contributed by atoms with van der Waals surface area (Å²) in [6.45, 7) is 7.56. The van der Waals surface area contributed by atoms with Gasteiger partial charge in [0, 0.05) is 18.6 Å². The normalized spacial score (nSPS) is 33.2. The largest absolute Gasteiger partial charge is 0.378 e. The average Bonchev–Trinajstić information content (AvgIpc) is 2.51. The third-order valence-corrected chi connectivity index (χ3v) is 3.36. The van der Waals surface area contributed by atoms with Crippen LogP contribution in [0.15, 0.2) is 0 Å². The van der Waals surface area contributed by atoms with Crippen LogP contribution >= 0.6 is 0 Å². The molecule has 1 rings (SSSR count). The van der Waals surface area contributed by atoms with Crippen molar-refractivity contribution in [3.8, 4) is 0 Å². The molecule has 0 radical (unpaired) electrons. The van der Waals surface area contributed by atoms with Gasteiger partial charge in [0.25, 0.3) is 0 Å². The standard InChI is InChI=1S/C11H23NO/c1-4-8(2)7-11(12)10-5-6-13-9(10)3/h8-11H,4-7,12H2,1-3H3. The first-order chi connectivity index (χ1) is 6.15. The van der Waals surface area contributed by atoms with Crippen molar-refractivity contribution in [3.63, 3.8) is 0 Å². The molecule has 4 unspecified atom stereocenters. The highest BCUT2D eigenvalue weighted by molar-refractivity contribution is 4.82. The Labute approximate surface area is 81.8 Å². The summed E-state index contributed by atoms with van der Waals surface area (Å²) in [5, 5.41) is 0. The van der Waals surface area contributed by atoms with Gasteiger partial charge in [-0.15, -0.1) is 0 Å². The van der Waals surface area contributed by atoms with Crippen LogP contribution < -0.4 is 5.73 Å².